The van der Waals surface area contributed by atoms with Crippen molar-refractivity contribution in [3.8, 4) is 5.75 Å². The molecule has 5 heteroatoms. The zero-order chi connectivity index (χ0) is 20.7. The zero-order valence-electron chi connectivity index (χ0n) is 17.4. The summed E-state index contributed by atoms with van der Waals surface area (Å²) in [5.74, 6) is 0.703. The van der Waals surface area contributed by atoms with E-state index < -0.39 is 0 Å². The normalized spacial score (nSPS) is 11.0. The van der Waals surface area contributed by atoms with Crippen molar-refractivity contribution in [2.75, 3.05) is 11.9 Å². The fraction of sp³-hybridized carbons (Fsp3) is 0.391. The predicted octanol–water partition coefficient (Wildman–Crippen LogP) is 5.27. The van der Waals surface area contributed by atoms with Gasteiger partial charge in [0, 0.05) is 12.1 Å². The molecule has 0 aromatic heterocycles. The topological polar surface area (TPSA) is 50.4 Å². The van der Waals surface area contributed by atoms with E-state index in [-0.39, 0.29) is 11.3 Å². The number of rotatable bonds is 6. The molecule has 0 aliphatic rings. The van der Waals surface area contributed by atoms with Gasteiger partial charge in [0.15, 0.2) is 5.11 Å². The number of benzene rings is 2. The SMILES string of the molecule is Cc1cc(C)cc(NC(=S)NC(=O)CCCOc2ccc(C(C)(C)C)cc2)c1. The van der Waals surface area contributed by atoms with E-state index in [9.17, 15) is 4.79 Å². The minimum Gasteiger partial charge on any atom is -0.494 e. The Labute approximate surface area is 173 Å². The molecule has 0 aliphatic carbocycles. The maximum atomic E-state index is 12.0. The van der Waals surface area contributed by atoms with Gasteiger partial charge >= 0.3 is 0 Å². The van der Waals surface area contributed by atoms with Gasteiger partial charge < -0.3 is 15.4 Å². The predicted molar refractivity (Wildman–Crippen MR) is 120 cm³/mol. The molecule has 28 heavy (non-hydrogen) atoms. The summed E-state index contributed by atoms with van der Waals surface area (Å²) in [5.41, 5.74) is 4.56. The van der Waals surface area contributed by atoms with E-state index in [4.69, 9.17) is 17.0 Å². The van der Waals surface area contributed by atoms with Gasteiger partial charge in [-0.2, -0.15) is 0 Å². The smallest absolute Gasteiger partial charge is 0.226 e. The zero-order valence-corrected chi connectivity index (χ0v) is 18.2. The molecule has 2 aromatic carbocycles. The minimum absolute atomic E-state index is 0.117. The van der Waals surface area contributed by atoms with Crippen LogP contribution in [0.4, 0.5) is 5.69 Å². The lowest BCUT2D eigenvalue weighted by atomic mass is 9.87. The van der Waals surface area contributed by atoms with Crippen LogP contribution in [0.5, 0.6) is 5.75 Å². The maximum Gasteiger partial charge on any atom is 0.226 e. The number of hydrogen-bond donors (Lipinski definition) is 2. The lowest BCUT2D eigenvalue weighted by Crippen LogP contribution is -2.34. The highest BCUT2D eigenvalue weighted by molar-refractivity contribution is 7.80. The number of carbonyl (C=O) groups excluding carboxylic acids is 1. The van der Waals surface area contributed by atoms with Crippen LogP contribution >= 0.6 is 12.2 Å². The fourth-order valence-corrected chi connectivity index (χ4v) is 3.10. The molecule has 0 radical (unpaired) electrons. The molecule has 2 N–H and O–H groups in total. The first kappa shape index (κ1) is 21.9. The molecule has 0 fully saturated rings. The number of nitrogens with one attached hydrogen (secondary N) is 2. The largest absolute Gasteiger partial charge is 0.494 e. The van der Waals surface area contributed by atoms with Gasteiger partial charge in [-0.3, -0.25) is 4.79 Å². The molecule has 0 atom stereocenters. The van der Waals surface area contributed by atoms with Crippen molar-refractivity contribution >= 4 is 28.9 Å². The van der Waals surface area contributed by atoms with Gasteiger partial charge in [-0.05, 0) is 78.9 Å². The summed E-state index contributed by atoms with van der Waals surface area (Å²) in [6.07, 6.45) is 0.980. The van der Waals surface area contributed by atoms with E-state index in [1.165, 1.54) is 5.56 Å². The molecule has 0 heterocycles. The van der Waals surface area contributed by atoms with Crippen LogP contribution in [0.1, 0.15) is 50.3 Å². The second kappa shape index (κ2) is 9.69. The number of hydrogen-bond acceptors (Lipinski definition) is 3. The molecule has 0 unspecified atom stereocenters. The second-order valence-corrected chi connectivity index (χ2v) is 8.51. The van der Waals surface area contributed by atoms with Crippen LogP contribution in [0.15, 0.2) is 42.5 Å². The molecule has 0 spiro atoms. The monoisotopic (exact) mass is 398 g/mol. The van der Waals surface area contributed by atoms with E-state index in [0.717, 1.165) is 22.6 Å². The Morgan fingerprint density at radius 2 is 1.64 bits per heavy atom. The van der Waals surface area contributed by atoms with Gasteiger partial charge in [-0.25, -0.2) is 0 Å². The Bertz CT molecular complexity index is 803. The molecular weight excluding hydrogens is 368 g/mol. The molecule has 1 amide bonds. The fourth-order valence-electron chi connectivity index (χ4n) is 2.87. The van der Waals surface area contributed by atoms with Crippen LogP contribution in [0.3, 0.4) is 0 Å². The van der Waals surface area contributed by atoms with Gasteiger partial charge in [0.1, 0.15) is 5.75 Å². The van der Waals surface area contributed by atoms with Gasteiger partial charge in [0.25, 0.3) is 0 Å². The second-order valence-electron chi connectivity index (χ2n) is 8.11. The lowest BCUT2D eigenvalue weighted by molar-refractivity contribution is -0.119. The van der Waals surface area contributed by atoms with Gasteiger partial charge in [0.2, 0.25) is 5.91 Å². The number of aryl methyl sites for hydroxylation is 2. The van der Waals surface area contributed by atoms with Crippen LogP contribution in [-0.2, 0) is 10.2 Å². The van der Waals surface area contributed by atoms with E-state index in [1.54, 1.807) is 0 Å². The van der Waals surface area contributed by atoms with Crippen LogP contribution in [0.25, 0.3) is 0 Å². The Hall–Kier alpha value is -2.40. The molecule has 2 rings (SSSR count). The third-order valence-corrected chi connectivity index (χ3v) is 4.47. The number of carbonyl (C=O) groups is 1. The average Bonchev–Trinajstić information content (AvgIpc) is 2.57. The summed E-state index contributed by atoms with van der Waals surface area (Å²) in [4.78, 5) is 12.0. The van der Waals surface area contributed by atoms with E-state index in [0.29, 0.717) is 24.6 Å². The Kier molecular flexibility index (Phi) is 7.58. The van der Waals surface area contributed by atoms with E-state index in [2.05, 4.69) is 49.6 Å². The molecular formula is C23H30N2O2S. The number of amides is 1. The third-order valence-electron chi connectivity index (χ3n) is 4.27. The van der Waals surface area contributed by atoms with Crippen molar-refractivity contribution in [1.82, 2.24) is 5.32 Å². The van der Waals surface area contributed by atoms with Crippen LogP contribution < -0.4 is 15.4 Å². The molecule has 0 saturated heterocycles. The van der Waals surface area contributed by atoms with Crippen molar-refractivity contribution in [2.24, 2.45) is 0 Å². The standard InChI is InChI=1S/C23H30N2O2S/c1-16-13-17(2)15-19(14-16)24-22(28)25-21(26)7-6-12-27-20-10-8-18(9-11-20)23(3,4)5/h8-11,13-15H,6-7,12H2,1-5H3,(H2,24,25,26,28). The van der Waals surface area contributed by atoms with Gasteiger partial charge in [-0.15, -0.1) is 0 Å². The first-order valence-corrected chi connectivity index (χ1v) is 9.97. The summed E-state index contributed by atoms with van der Waals surface area (Å²) in [5, 5.41) is 6.09. The quantitative estimate of drug-likeness (QED) is 0.514. The van der Waals surface area contributed by atoms with Crippen LogP contribution in [-0.4, -0.2) is 17.6 Å². The summed E-state index contributed by atoms with van der Waals surface area (Å²) in [7, 11) is 0. The lowest BCUT2D eigenvalue weighted by Gasteiger charge is -2.19. The van der Waals surface area contributed by atoms with Crippen molar-refractivity contribution < 1.29 is 9.53 Å². The molecule has 4 nitrogen and oxygen atoms in total. The van der Waals surface area contributed by atoms with Crippen molar-refractivity contribution in [2.45, 2.75) is 52.9 Å². The number of ether oxygens (including phenoxy) is 1. The average molecular weight is 399 g/mol. The molecule has 150 valence electrons. The van der Waals surface area contributed by atoms with Crippen molar-refractivity contribution in [3.63, 3.8) is 0 Å². The summed E-state index contributed by atoms with van der Waals surface area (Å²) in [6.45, 7) is 11.1. The van der Waals surface area contributed by atoms with Crippen LogP contribution in [0.2, 0.25) is 0 Å². The molecule has 2 aromatic rings. The maximum absolute atomic E-state index is 12.0. The summed E-state index contributed by atoms with van der Waals surface area (Å²) >= 11 is 5.22. The van der Waals surface area contributed by atoms with Gasteiger partial charge in [-0.1, -0.05) is 39.0 Å². The van der Waals surface area contributed by atoms with E-state index in [1.807, 2.05) is 38.1 Å². The minimum atomic E-state index is -0.117. The highest BCUT2D eigenvalue weighted by Gasteiger charge is 2.13. The summed E-state index contributed by atoms with van der Waals surface area (Å²) < 4.78 is 5.72. The van der Waals surface area contributed by atoms with Crippen LogP contribution in [0, 0.1) is 13.8 Å². The third kappa shape index (κ3) is 7.31. The number of thiocarbonyl (C=S) groups is 1. The Morgan fingerprint density at radius 3 is 2.21 bits per heavy atom. The Balaban J connectivity index is 1.70. The molecule has 0 aliphatic heterocycles. The Morgan fingerprint density at radius 1 is 1.04 bits per heavy atom. The van der Waals surface area contributed by atoms with Crippen molar-refractivity contribution in [1.29, 1.82) is 0 Å². The first-order valence-electron chi connectivity index (χ1n) is 9.56. The molecule has 0 bridgehead atoms. The van der Waals surface area contributed by atoms with Gasteiger partial charge in [0.05, 0.1) is 6.61 Å². The molecule has 0 saturated carbocycles. The van der Waals surface area contributed by atoms with E-state index >= 15 is 0 Å². The number of anilines is 1. The highest BCUT2D eigenvalue weighted by atomic mass is 32.1. The highest BCUT2D eigenvalue weighted by Crippen LogP contribution is 2.24. The summed E-state index contributed by atoms with van der Waals surface area (Å²) in [6, 6.07) is 14.2. The van der Waals surface area contributed by atoms with Crippen molar-refractivity contribution in [3.05, 3.63) is 59.2 Å². The first-order chi connectivity index (χ1) is 13.1.